The first-order chi connectivity index (χ1) is 13.9. The van der Waals surface area contributed by atoms with Gasteiger partial charge in [0.1, 0.15) is 5.82 Å². The molecule has 1 N–H and O–H groups in total. The smallest absolute Gasteiger partial charge is 0.222 e. The van der Waals surface area contributed by atoms with E-state index in [1.807, 2.05) is 4.90 Å². The topological polar surface area (TPSA) is 65.1 Å². The lowest BCUT2D eigenvalue weighted by Crippen LogP contribution is -2.61. The Morgan fingerprint density at radius 1 is 1.17 bits per heavy atom. The minimum Gasteiger partial charge on any atom is -0.341 e. The van der Waals surface area contributed by atoms with Gasteiger partial charge in [-0.15, -0.1) is 0 Å². The predicted molar refractivity (Wildman–Crippen MR) is 113 cm³/mol. The van der Waals surface area contributed by atoms with E-state index >= 15 is 0 Å². The molecule has 6 nitrogen and oxygen atoms in total. The number of amides is 1. The first-order valence-corrected chi connectivity index (χ1v) is 10.8. The molecule has 2 aliphatic rings. The van der Waals surface area contributed by atoms with Crippen LogP contribution in [0.3, 0.4) is 0 Å². The molecule has 3 heterocycles. The van der Waals surface area contributed by atoms with Gasteiger partial charge in [-0.1, -0.05) is 58.0 Å². The second-order valence-corrected chi connectivity index (χ2v) is 9.65. The standard InChI is InChI=1S/C23H33N5O/c1-16(2)10-20(29)28-14-23(15-28)13-27(11-18-8-6-5-7-9-18)12-19(23)22-24-21(17(3)4)25-26-22/h5-9,16-17,19H,10-15H2,1-4H3,(H,24,25,26). The zero-order valence-corrected chi connectivity index (χ0v) is 18.1. The van der Waals surface area contributed by atoms with Crippen molar-refractivity contribution in [2.75, 3.05) is 26.2 Å². The molecule has 2 aliphatic heterocycles. The summed E-state index contributed by atoms with van der Waals surface area (Å²) in [6.45, 7) is 13.0. The maximum absolute atomic E-state index is 12.6. The molecule has 1 spiro atoms. The summed E-state index contributed by atoms with van der Waals surface area (Å²) in [6.07, 6.45) is 0.633. The molecule has 0 radical (unpaired) electrons. The number of aromatic amines is 1. The van der Waals surface area contributed by atoms with E-state index in [0.29, 0.717) is 18.3 Å². The van der Waals surface area contributed by atoms with Crippen molar-refractivity contribution in [3.8, 4) is 0 Å². The number of likely N-dealkylation sites (tertiary alicyclic amines) is 2. The van der Waals surface area contributed by atoms with Crippen LogP contribution in [0.4, 0.5) is 0 Å². The maximum Gasteiger partial charge on any atom is 0.222 e. The number of rotatable bonds is 6. The van der Waals surface area contributed by atoms with Crippen molar-refractivity contribution in [1.82, 2.24) is 25.0 Å². The number of carbonyl (C=O) groups excluding carboxylic acids is 1. The molecule has 1 unspecified atom stereocenters. The van der Waals surface area contributed by atoms with Crippen LogP contribution in [-0.4, -0.2) is 57.1 Å². The molecular formula is C23H33N5O. The molecule has 2 aromatic rings. The van der Waals surface area contributed by atoms with Gasteiger partial charge >= 0.3 is 0 Å². The minimum atomic E-state index is 0.0786. The van der Waals surface area contributed by atoms with Crippen LogP contribution in [-0.2, 0) is 11.3 Å². The van der Waals surface area contributed by atoms with Gasteiger partial charge in [0.25, 0.3) is 0 Å². The second-order valence-electron chi connectivity index (χ2n) is 9.65. The van der Waals surface area contributed by atoms with Crippen LogP contribution < -0.4 is 0 Å². The van der Waals surface area contributed by atoms with Gasteiger partial charge in [-0.25, -0.2) is 4.98 Å². The second kappa shape index (κ2) is 7.90. The van der Waals surface area contributed by atoms with Gasteiger partial charge in [-0.3, -0.25) is 14.8 Å². The van der Waals surface area contributed by atoms with Gasteiger partial charge in [0.2, 0.25) is 5.91 Å². The number of carbonyl (C=O) groups is 1. The van der Waals surface area contributed by atoms with E-state index in [-0.39, 0.29) is 17.2 Å². The Balaban J connectivity index is 1.52. The highest BCUT2D eigenvalue weighted by Crippen LogP contribution is 2.49. The molecule has 29 heavy (non-hydrogen) atoms. The van der Waals surface area contributed by atoms with Crippen LogP contribution in [0.1, 0.15) is 63.2 Å². The van der Waals surface area contributed by atoms with Crippen molar-refractivity contribution in [2.24, 2.45) is 11.3 Å². The highest BCUT2D eigenvalue weighted by molar-refractivity contribution is 5.77. The zero-order chi connectivity index (χ0) is 20.6. The molecule has 0 aliphatic carbocycles. The van der Waals surface area contributed by atoms with Crippen molar-refractivity contribution < 1.29 is 4.79 Å². The lowest BCUT2D eigenvalue weighted by molar-refractivity contribution is -0.144. The van der Waals surface area contributed by atoms with Crippen LogP contribution >= 0.6 is 0 Å². The van der Waals surface area contributed by atoms with Crippen LogP contribution in [0, 0.1) is 11.3 Å². The van der Waals surface area contributed by atoms with Crippen LogP contribution in [0.5, 0.6) is 0 Å². The number of nitrogens with zero attached hydrogens (tertiary/aromatic N) is 4. The molecular weight excluding hydrogens is 362 g/mol. The molecule has 1 aromatic heterocycles. The number of aromatic nitrogens is 3. The summed E-state index contributed by atoms with van der Waals surface area (Å²) in [4.78, 5) is 21.9. The first-order valence-electron chi connectivity index (χ1n) is 10.8. The Labute approximate surface area is 173 Å². The molecule has 0 bridgehead atoms. The van der Waals surface area contributed by atoms with Crippen molar-refractivity contribution in [3.63, 3.8) is 0 Å². The van der Waals surface area contributed by atoms with E-state index in [1.54, 1.807) is 0 Å². The third-order valence-electron chi connectivity index (χ3n) is 6.28. The zero-order valence-electron chi connectivity index (χ0n) is 18.1. The quantitative estimate of drug-likeness (QED) is 0.814. The van der Waals surface area contributed by atoms with Crippen LogP contribution in [0.2, 0.25) is 0 Å². The van der Waals surface area contributed by atoms with Gasteiger partial charge < -0.3 is 4.90 Å². The van der Waals surface area contributed by atoms with E-state index in [2.05, 4.69) is 73.1 Å². The summed E-state index contributed by atoms with van der Waals surface area (Å²) in [7, 11) is 0. The summed E-state index contributed by atoms with van der Waals surface area (Å²) in [5.41, 5.74) is 1.41. The predicted octanol–water partition coefficient (Wildman–Crippen LogP) is 3.40. The van der Waals surface area contributed by atoms with E-state index in [4.69, 9.17) is 4.98 Å². The Hall–Kier alpha value is -2.21. The SMILES string of the molecule is CC(C)CC(=O)N1CC2(CN(Cc3ccccc3)CC2c2nc(C(C)C)n[nH]2)C1. The molecule has 1 atom stereocenters. The third-order valence-corrected chi connectivity index (χ3v) is 6.28. The lowest BCUT2D eigenvalue weighted by atomic mass is 9.71. The van der Waals surface area contributed by atoms with Crippen molar-refractivity contribution in [2.45, 2.75) is 52.5 Å². The fourth-order valence-electron chi connectivity index (χ4n) is 4.80. The van der Waals surface area contributed by atoms with Crippen LogP contribution in [0.15, 0.2) is 30.3 Å². The fourth-order valence-corrected chi connectivity index (χ4v) is 4.80. The van der Waals surface area contributed by atoms with E-state index in [1.165, 1.54) is 5.56 Å². The van der Waals surface area contributed by atoms with Gasteiger partial charge in [-0.05, 0) is 11.5 Å². The maximum atomic E-state index is 12.6. The largest absolute Gasteiger partial charge is 0.341 e. The normalized spacial score (nSPS) is 21.3. The van der Waals surface area contributed by atoms with Gasteiger partial charge in [-0.2, -0.15) is 5.10 Å². The molecule has 1 aromatic carbocycles. The summed E-state index contributed by atoms with van der Waals surface area (Å²) < 4.78 is 0. The molecule has 1 amide bonds. The first kappa shape index (κ1) is 20.1. The van der Waals surface area contributed by atoms with Crippen molar-refractivity contribution >= 4 is 5.91 Å². The summed E-state index contributed by atoms with van der Waals surface area (Å²) in [5.74, 6) is 3.14. The van der Waals surface area contributed by atoms with E-state index < -0.39 is 0 Å². The van der Waals surface area contributed by atoms with Gasteiger partial charge in [0.05, 0.1) is 0 Å². The molecule has 0 saturated carbocycles. The van der Waals surface area contributed by atoms with Crippen molar-refractivity contribution in [1.29, 1.82) is 0 Å². The average molecular weight is 396 g/mol. The van der Waals surface area contributed by atoms with Crippen molar-refractivity contribution in [3.05, 3.63) is 47.5 Å². The number of hydrogen-bond acceptors (Lipinski definition) is 4. The molecule has 4 rings (SSSR count). The lowest BCUT2D eigenvalue weighted by Gasteiger charge is -2.50. The highest BCUT2D eigenvalue weighted by atomic mass is 16.2. The monoisotopic (exact) mass is 395 g/mol. The van der Waals surface area contributed by atoms with Gasteiger partial charge in [0.15, 0.2) is 5.82 Å². The third kappa shape index (κ3) is 4.08. The van der Waals surface area contributed by atoms with E-state index in [0.717, 1.165) is 44.4 Å². The summed E-state index contributed by atoms with van der Waals surface area (Å²) >= 11 is 0. The highest BCUT2D eigenvalue weighted by Gasteiger charge is 2.56. The van der Waals surface area contributed by atoms with Gasteiger partial charge in [0, 0.05) is 56.4 Å². The Kier molecular flexibility index (Phi) is 5.47. The Morgan fingerprint density at radius 2 is 1.90 bits per heavy atom. The molecule has 2 fully saturated rings. The Bertz CT molecular complexity index is 838. The fraction of sp³-hybridized carbons (Fsp3) is 0.609. The molecule has 6 heteroatoms. The minimum absolute atomic E-state index is 0.0786. The van der Waals surface area contributed by atoms with E-state index in [9.17, 15) is 4.79 Å². The number of hydrogen-bond donors (Lipinski definition) is 1. The average Bonchev–Trinajstić information content (AvgIpc) is 3.25. The van der Waals surface area contributed by atoms with Crippen LogP contribution in [0.25, 0.3) is 0 Å². The molecule has 156 valence electrons. The summed E-state index contributed by atoms with van der Waals surface area (Å²) in [6, 6.07) is 10.6. The molecule has 2 saturated heterocycles. The number of H-pyrrole nitrogens is 1. The Morgan fingerprint density at radius 3 is 2.52 bits per heavy atom. The number of benzene rings is 1. The summed E-state index contributed by atoms with van der Waals surface area (Å²) in [5, 5.41) is 7.67. The number of nitrogens with one attached hydrogen (secondary N) is 1.